The Labute approximate surface area is 211 Å². The average Bonchev–Trinajstić information content (AvgIpc) is 3.32. The number of allylic oxidation sites excluding steroid dienone is 1. The topological polar surface area (TPSA) is 65.2 Å². The largest absolute Gasteiger partial charge is 0.351 e. The Bertz CT molecular complexity index is 1290. The molecule has 5 rings (SSSR count). The van der Waals surface area contributed by atoms with Crippen LogP contribution in [0.4, 0.5) is 10.1 Å². The van der Waals surface area contributed by atoms with Crippen LogP contribution in [0.5, 0.6) is 0 Å². The molecular weight excluding hydrogens is 453 g/mol. The van der Waals surface area contributed by atoms with Crippen molar-refractivity contribution in [2.24, 2.45) is 0 Å². The van der Waals surface area contributed by atoms with Gasteiger partial charge in [-0.25, -0.2) is 4.39 Å². The van der Waals surface area contributed by atoms with Crippen LogP contribution in [-0.2, 0) is 11.2 Å². The fourth-order valence-corrected chi connectivity index (χ4v) is 5.38. The monoisotopic (exact) mass is 485 g/mol. The van der Waals surface area contributed by atoms with Crippen LogP contribution in [0.3, 0.4) is 0 Å². The molecule has 5 nitrogen and oxygen atoms in total. The molecule has 6 heteroatoms. The van der Waals surface area contributed by atoms with E-state index in [2.05, 4.69) is 16.4 Å². The lowest BCUT2D eigenvalue weighted by Gasteiger charge is -2.34. The number of hydrogen-bond acceptors (Lipinski definition) is 2. The number of amides is 2. The van der Waals surface area contributed by atoms with Crippen LogP contribution in [0.2, 0.25) is 0 Å². The van der Waals surface area contributed by atoms with Gasteiger partial charge in [0, 0.05) is 17.4 Å². The van der Waals surface area contributed by atoms with Crippen LogP contribution in [0.1, 0.15) is 77.4 Å². The zero-order valence-electron chi connectivity index (χ0n) is 20.6. The third-order valence-electron chi connectivity index (χ3n) is 7.28. The molecule has 0 bridgehead atoms. The number of carbonyl (C=O) groups excluding carboxylic acids is 2. The molecule has 1 fully saturated rings. The Hall–Kier alpha value is -3.67. The molecule has 36 heavy (non-hydrogen) atoms. The minimum atomic E-state index is -0.946. The molecule has 186 valence electrons. The minimum absolute atomic E-state index is 0.0742. The number of anilines is 1. The van der Waals surface area contributed by atoms with Crippen molar-refractivity contribution in [3.05, 3.63) is 94.6 Å². The van der Waals surface area contributed by atoms with Crippen molar-refractivity contribution in [1.29, 1.82) is 0 Å². The molecule has 2 amide bonds. The Kier molecular flexibility index (Phi) is 7.03. The van der Waals surface area contributed by atoms with Gasteiger partial charge < -0.3 is 10.3 Å². The molecule has 0 radical (unpaired) electrons. The lowest BCUT2D eigenvalue weighted by molar-refractivity contribution is -0.123. The fourth-order valence-electron chi connectivity index (χ4n) is 5.38. The van der Waals surface area contributed by atoms with Gasteiger partial charge >= 0.3 is 0 Å². The first-order valence-electron chi connectivity index (χ1n) is 12.8. The van der Waals surface area contributed by atoms with Gasteiger partial charge in [-0.05, 0) is 79.6 Å². The standard InChI is InChI=1S/C30H32FN3O2/c1-20-10-5-7-16-25(20)28(29(35)32-23-13-3-2-4-14-23)34(24-15-9-12-22(31)19-24)30(36)27-18-21-11-6-8-17-26(21)33-27/h5,7-10,12,15-19,23,28,33H,2-4,6,11,13-14H2,1H3,(H,32,35). The summed E-state index contributed by atoms with van der Waals surface area (Å²) in [5, 5.41) is 3.22. The van der Waals surface area contributed by atoms with Crippen molar-refractivity contribution in [1.82, 2.24) is 10.3 Å². The molecule has 2 aliphatic rings. The first kappa shape index (κ1) is 24.0. The molecule has 1 saturated carbocycles. The number of aromatic amines is 1. The van der Waals surface area contributed by atoms with Crippen molar-refractivity contribution < 1.29 is 14.0 Å². The van der Waals surface area contributed by atoms with Crippen molar-refractivity contribution in [2.45, 2.75) is 64.0 Å². The third kappa shape index (κ3) is 4.99. The summed E-state index contributed by atoms with van der Waals surface area (Å²) in [5.74, 6) is -1.07. The van der Waals surface area contributed by atoms with Gasteiger partial charge in [0.05, 0.1) is 0 Å². The van der Waals surface area contributed by atoms with E-state index >= 15 is 0 Å². The second-order valence-corrected chi connectivity index (χ2v) is 9.82. The normalized spacial score (nSPS) is 16.3. The zero-order chi connectivity index (χ0) is 25.1. The number of H-pyrrole nitrogens is 1. The van der Waals surface area contributed by atoms with Gasteiger partial charge in [-0.1, -0.05) is 55.7 Å². The zero-order valence-corrected chi connectivity index (χ0v) is 20.6. The molecular formula is C30H32FN3O2. The molecule has 2 aliphatic carbocycles. The molecule has 1 atom stereocenters. The van der Waals surface area contributed by atoms with Crippen LogP contribution < -0.4 is 10.2 Å². The number of benzene rings is 2. The first-order valence-corrected chi connectivity index (χ1v) is 12.8. The van der Waals surface area contributed by atoms with Crippen molar-refractivity contribution in [3.8, 4) is 0 Å². The Morgan fingerprint density at radius 1 is 1.06 bits per heavy atom. The summed E-state index contributed by atoms with van der Waals surface area (Å²) in [5.41, 5.74) is 4.32. The van der Waals surface area contributed by atoms with Crippen LogP contribution >= 0.6 is 0 Å². The summed E-state index contributed by atoms with van der Waals surface area (Å²) in [4.78, 5) is 32.8. The van der Waals surface area contributed by atoms with Crippen LogP contribution in [0.15, 0.2) is 60.7 Å². The fraction of sp³-hybridized carbons (Fsp3) is 0.333. The molecule has 1 heterocycles. The van der Waals surface area contributed by atoms with E-state index in [4.69, 9.17) is 0 Å². The second-order valence-electron chi connectivity index (χ2n) is 9.82. The molecule has 0 spiro atoms. The molecule has 2 N–H and O–H groups in total. The average molecular weight is 486 g/mol. The summed E-state index contributed by atoms with van der Waals surface area (Å²) >= 11 is 0. The summed E-state index contributed by atoms with van der Waals surface area (Å²) in [6, 6.07) is 14.5. The van der Waals surface area contributed by atoms with E-state index in [1.165, 1.54) is 23.5 Å². The predicted molar refractivity (Wildman–Crippen MR) is 140 cm³/mol. The van der Waals surface area contributed by atoms with E-state index in [1.54, 1.807) is 12.1 Å². The summed E-state index contributed by atoms with van der Waals surface area (Å²) in [6.07, 6.45) is 11.0. The summed E-state index contributed by atoms with van der Waals surface area (Å²) < 4.78 is 14.4. The first-order chi connectivity index (χ1) is 17.5. The highest BCUT2D eigenvalue weighted by molar-refractivity contribution is 6.09. The molecule has 0 aliphatic heterocycles. The van der Waals surface area contributed by atoms with Gasteiger partial charge in [0.1, 0.15) is 17.6 Å². The van der Waals surface area contributed by atoms with Crippen LogP contribution in [-0.4, -0.2) is 22.8 Å². The number of hydrogen-bond donors (Lipinski definition) is 2. The highest BCUT2D eigenvalue weighted by Gasteiger charge is 2.36. The van der Waals surface area contributed by atoms with Crippen molar-refractivity contribution in [2.75, 3.05) is 4.90 Å². The van der Waals surface area contributed by atoms with Gasteiger partial charge in [0.25, 0.3) is 5.91 Å². The molecule has 2 aromatic carbocycles. The number of fused-ring (bicyclic) bond motifs is 1. The summed E-state index contributed by atoms with van der Waals surface area (Å²) in [6.45, 7) is 1.93. The van der Waals surface area contributed by atoms with Crippen molar-refractivity contribution >= 4 is 23.6 Å². The number of aryl methyl sites for hydroxylation is 2. The maximum atomic E-state index is 14.4. The van der Waals surface area contributed by atoms with Crippen molar-refractivity contribution in [3.63, 3.8) is 0 Å². The SMILES string of the molecule is Cc1ccccc1C(C(=O)NC1CCCCC1)N(C(=O)c1cc2c([nH]1)C=CCC2)c1cccc(F)c1. The highest BCUT2D eigenvalue weighted by Crippen LogP contribution is 2.33. The predicted octanol–water partition coefficient (Wildman–Crippen LogP) is 6.26. The van der Waals surface area contributed by atoms with E-state index < -0.39 is 11.9 Å². The smallest absolute Gasteiger partial charge is 0.275 e. The lowest BCUT2D eigenvalue weighted by Crippen LogP contribution is -2.47. The van der Waals surface area contributed by atoms with Gasteiger partial charge in [0.2, 0.25) is 5.91 Å². The highest BCUT2D eigenvalue weighted by atomic mass is 19.1. The molecule has 0 saturated heterocycles. The van der Waals surface area contributed by atoms with Gasteiger partial charge in [-0.3, -0.25) is 14.5 Å². The van der Waals surface area contributed by atoms with Gasteiger partial charge in [-0.15, -0.1) is 0 Å². The molecule has 1 aromatic heterocycles. The quantitative estimate of drug-likeness (QED) is 0.433. The number of halogens is 1. The maximum Gasteiger partial charge on any atom is 0.275 e. The third-order valence-corrected chi connectivity index (χ3v) is 7.28. The second kappa shape index (κ2) is 10.5. The lowest BCUT2D eigenvalue weighted by atomic mass is 9.93. The maximum absolute atomic E-state index is 14.4. The molecule has 1 unspecified atom stereocenters. The van der Waals surface area contributed by atoms with E-state index in [0.29, 0.717) is 11.4 Å². The number of rotatable bonds is 6. The van der Waals surface area contributed by atoms with E-state index in [9.17, 15) is 14.0 Å². The van der Waals surface area contributed by atoms with Crippen LogP contribution in [0.25, 0.3) is 6.08 Å². The molecule has 3 aromatic rings. The summed E-state index contributed by atoms with van der Waals surface area (Å²) in [7, 11) is 0. The number of carbonyl (C=O) groups is 2. The van der Waals surface area contributed by atoms with Crippen LogP contribution in [0, 0.1) is 12.7 Å². The number of nitrogens with zero attached hydrogens (tertiary/aromatic N) is 1. The Morgan fingerprint density at radius 3 is 2.61 bits per heavy atom. The van der Waals surface area contributed by atoms with E-state index in [0.717, 1.165) is 60.9 Å². The van der Waals surface area contributed by atoms with Gasteiger partial charge in [0.15, 0.2) is 0 Å². The van der Waals surface area contributed by atoms with E-state index in [1.807, 2.05) is 43.3 Å². The minimum Gasteiger partial charge on any atom is -0.351 e. The number of aromatic nitrogens is 1. The van der Waals surface area contributed by atoms with E-state index in [-0.39, 0.29) is 17.9 Å². The Morgan fingerprint density at radius 2 is 1.86 bits per heavy atom. The number of nitrogens with one attached hydrogen (secondary N) is 2. The van der Waals surface area contributed by atoms with Gasteiger partial charge in [-0.2, -0.15) is 0 Å². The Balaban J connectivity index is 1.61.